The summed E-state index contributed by atoms with van der Waals surface area (Å²) in [7, 11) is 2.18. The summed E-state index contributed by atoms with van der Waals surface area (Å²) in [5.41, 5.74) is 1.28. The molecule has 0 spiro atoms. The Balaban J connectivity index is 3.49. The maximum Gasteiger partial charge on any atom is 0.0199 e. The topological polar surface area (TPSA) is 15.3 Å². The van der Waals surface area contributed by atoms with Crippen molar-refractivity contribution in [1.82, 2.24) is 10.2 Å². The van der Waals surface area contributed by atoms with Crippen LogP contribution in [0.1, 0.15) is 40.0 Å². The summed E-state index contributed by atoms with van der Waals surface area (Å²) in [5, 5.41) is 3.39. The number of unbranched alkanes of at least 4 members (excludes halogenated alkanes) is 2. The molecule has 0 saturated heterocycles. The number of hydrogen-bond donors (Lipinski definition) is 1. The van der Waals surface area contributed by atoms with E-state index in [9.17, 15) is 0 Å². The minimum absolute atomic E-state index is 0.548. The highest BCUT2D eigenvalue weighted by Gasteiger charge is 2.01. The highest BCUT2D eigenvalue weighted by Crippen LogP contribution is 1.99. The van der Waals surface area contributed by atoms with E-state index in [0.717, 1.165) is 13.1 Å². The fourth-order valence-corrected chi connectivity index (χ4v) is 1.50. The smallest absolute Gasteiger partial charge is 0.0199 e. The minimum Gasteiger partial charge on any atom is -0.311 e. The van der Waals surface area contributed by atoms with Crippen LogP contribution in [0.25, 0.3) is 0 Å². The maximum absolute atomic E-state index is 4.09. The van der Waals surface area contributed by atoms with Gasteiger partial charge in [0.15, 0.2) is 0 Å². The Kier molecular flexibility index (Phi) is 8.73. The van der Waals surface area contributed by atoms with E-state index in [1.807, 2.05) is 0 Å². The Morgan fingerprint density at radius 3 is 2.53 bits per heavy atom. The molecule has 0 amide bonds. The summed E-state index contributed by atoms with van der Waals surface area (Å²) in [6.45, 7) is 13.8. The number of nitrogens with zero attached hydrogens (tertiary/aromatic N) is 1. The molecule has 0 rings (SSSR count). The van der Waals surface area contributed by atoms with Crippen molar-refractivity contribution in [2.45, 2.75) is 46.1 Å². The van der Waals surface area contributed by atoms with E-state index in [4.69, 9.17) is 0 Å². The SMILES string of the molecule is C=C(CNC(C)C)CN(C)CCCCC. The predicted molar refractivity (Wildman–Crippen MR) is 69.3 cm³/mol. The fourth-order valence-electron chi connectivity index (χ4n) is 1.50. The molecule has 0 aliphatic rings. The Morgan fingerprint density at radius 1 is 1.33 bits per heavy atom. The van der Waals surface area contributed by atoms with E-state index in [0.29, 0.717) is 6.04 Å². The highest BCUT2D eigenvalue weighted by atomic mass is 15.1. The number of rotatable bonds is 9. The van der Waals surface area contributed by atoms with Gasteiger partial charge >= 0.3 is 0 Å². The van der Waals surface area contributed by atoms with Crippen LogP contribution in [-0.2, 0) is 0 Å². The van der Waals surface area contributed by atoms with Gasteiger partial charge < -0.3 is 10.2 Å². The van der Waals surface area contributed by atoms with E-state index in [-0.39, 0.29) is 0 Å². The van der Waals surface area contributed by atoms with Gasteiger partial charge in [0.25, 0.3) is 0 Å². The molecule has 0 atom stereocenters. The van der Waals surface area contributed by atoms with Crippen molar-refractivity contribution in [3.05, 3.63) is 12.2 Å². The van der Waals surface area contributed by atoms with Crippen molar-refractivity contribution in [3.8, 4) is 0 Å². The zero-order valence-corrected chi connectivity index (χ0v) is 11.0. The van der Waals surface area contributed by atoms with Crippen molar-refractivity contribution in [1.29, 1.82) is 0 Å². The first kappa shape index (κ1) is 14.7. The first-order valence-corrected chi connectivity index (χ1v) is 6.14. The Labute approximate surface area is 95.7 Å². The molecule has 0 bridgehead atoms. The number of hydrogen-bond acceptors (Lipinski definition) is 2. The van der Waals surface area contributed by atoms with Crippen LogP contribution in [0.3, 0.4) is 0 Å². The van der Waals surface area contributed by atoms with Crippen molar-refractivity contribution >= 4 is 0 Å². The second-order valence-electron chi connectivity index (χ2n) is 4.73. The number of likely N-dealkylation sites (N-methyl/N-ethyl adjacent to an activating group) is 1. The van der Waals surface area contributed by atoms with Gasteiger partial charge in [0, 0.05) is 19.1 Å². The van der Waals surface area contributed by atoms with Gasteiger partial charge in [-0.15, -0.1) is 0 Å². The first-order chi connectivity index (χ1) is 7.06. The zero-order chi connectivity index (χ0) is 11.7. The van der Waals surface area contributed by atoms with E-state index in [1.165, 1.54) is 31.4 Å². The second-order valence-corrected chi connectivity index (χ2v) is 4.73. The molecule has 0 aliphatic carbocycles. The molecule has 0 aromatic carbocycles. The third-order valence-corrected chi connectivity index (χ3v) is 2.40. The van der Waals surface area contributed by atoms with E-state index < -0.39 is 0 Å². The van der Waals surface area contributed by atoms with E-state index >= 15 is 0 Å². The normalized spacial score (nSPS) is 11.3. The third kappa shape index (κ3) is 9.95. The van der Waals surface area contributed by atoms with Gasteiger partial charge in [0.05, 0.1) is 0 Å². The average molecular weight is 212 g/mol. The van der Waals surface area contributed by atoms with Gasteiger partial charge in [-0.3, -0.25) is 0 Å². The molecule has 2 heteroatoms. The molecule has 0 aromatic heterocycles. The Bertz CT molecular complexity index is 164. The quantitative estimate of drug-likeness (QED) is 0.467. The van der Waals surface area contributed by atoms with Gasteiger partial charge in [-0.1, -0.05) is 40.2 Å². The lowest BCUT2D eigenvalue weighted by Gasteiger charge is -2.19. The summed E-state index contributed by atoms with van der Waals surface area (Å²) in [4.78, 5) is 2.36. The van der Waals surface area contributed by atoms with Crippen molar-refractivity contribution < 1.29 is 0 Å². The number of nitrogens with one attached hydrogen (secondary N) is 1. The third-order valence-electron chi connectivity index (χ3n) is 2.40. The highest BCUT2D eigenvalue weighted by molar-refractivity contribution is 4.99. The van der Waals surface area contributed by atoms with Gasteiger partial charge in [0.2, 0.25) is 0 Å². The van der Waals surface area contributed by atoms with Gasteiger partial charge in [-0.2, -0.15) is 0 Å². The van der Waals surface area contributed by atoms with Crippen molar-refractivity contribution in [2.75, 3.05) is 26.7 Å². The second kappa shape index (κ2) is 8.93. The molecule has 2 nitrogen and oxygen atoms in total. The molecule has 1 N–H and O–H groups in total. The zero-order valence-electron chi connectivity index (χ0n) is 11.0. The van der Waals surface area contributed by atoms with Gasteiger partial charge in [-0.05, 0) is 25.6 Å². The molecule has 0 saturated carbocycles. The summed E-state index contributed by atoms with van der Waals surface area (Å²) < 4.78 is 0. The van der Waals surface area contributed by atoms with Crippen LogP contribution >= 0.6 is 0 Å². The molecule has 0 aliphatic heterocycles. The lowest BCUT2D eigenvalue weighted by Crippen LogP contribution is -2.30. The molecule has 90 valence electrons. The lowest BCUT2D eigenvalue weighted by atomic mass is 10.2. The van der Waals surface area contributed by atoms with Crippen LogP contribution in [-0.4, -0.2) is 37.6 Å². The molecular weight excluding hydrogens is 184 g/mol. The summed E-state index contributed by atoms with van der Waals surface area (Å²) in [6.07, 6.45) is 3.93. The standard InChI is InChI=1S/C13H28N2/c1-6-7-8-9-15(5)11-13(4)10-14-12(2)3/h12,14H,4,6-11H2,1-3,5H3. The Hall–Kier alpha value is -0.340. The van der Waals surface area contributed by atoms with Crippen LogP contribution in [0.4, 0.5) is 0 Å². The molecule has 15 heavy (non-hydrogen) atoms. The monoisotopic (exact) mass is 212 g/mol. The average Bonchev–Trinajstić information content (AvgIpc) is 2.15. The molecule has 0 heterocycles. The van der Waals surface area contributed by atoms with E-state index in [1.54, 1.807) is 0 Å². The summed E-state index contributed by atoms with van der Waals surface area (Å²) in [5.74, 6) is 0. The first-order valence-electron chi connectivity index (χ1n) is 6.14. The van der Waals surface area contributed by atoms with Gasteiger partial charge in [0.1, 0.15) is 0 Å². The molecule has 0 aromatic rings. The summed E-state index contributed by atoms with van der Waals surface area (Å²) >= 11 is 0. The van der Waals surface area contributed by atoms with Crippen LogP contribution in [0.5, 0.6) is 0 Å². The predicted octanol–water partition coefficient (Wildman–Crippen LogP) is 2.66. The molecule has 0 fully saturated rings. The summed E-state index contributed by atoms with van der Waals surface area (Å²) in [6, 6.07) is 0.548. The molecule has 0 radical (unpaired) electrons. The minimum atomic E-state index is 0.548. The lowest BCUT2D eigenvalue weighted by molar-refractivity contribution is 0.348. The fraction of sp³-hybridized carbons (Fsp3) is 0.846. The molecular formula is C13H28N2. The maximum atomic E-state index is 4.09. The Morgan fingerprint density at radius 2 is 2.00 bits per heavy atom. The van der Waals surface area contributed by atoms with E-state index in [2.05, 4.69) is 44.6 Å². The van der Waals surface area contributed by atoms with Crippen molar-refractivity contribution in [3.63, 3.8) is 0 Å². The van der Waals surface area contributed by atoms with Crippen LogP contribution in [0, 0.1) is 0 Å². The largest absolute Gasteiger partial charge is 0.311 e. The van der Waals surface area contributed by atoms with Crippen LogP contribution < -0.4 is 5.32 Å². The molecule has 0 unspecified atom stereocenters. The van der Waals surface area contributed by atoms with Crippen LogP contribution in [0.15, 0.2) is 12.2 Å². The van der Waals surface area contributed by atoms with Crippen LogP contribution in [0.2, 0.25) is 0 Å². The van der Waals surface area contributed by atoms with Crippen molar-refractivity contribution in [2.24, 2.45) is 0 Å². The van der Waals surface area contributed by atoms with Gasteiger partial charge in [-0.25, -0.2) is 0 Å².